The number of halogens is 1. The third kappa shape index (κ3) is 3.13. The highest BCUT2D eigenvalue weighted by Gasteiger charge is 2.07. The number of nitrogens with one attached hydrogen (secondary N) is 1. The molecule has 0 aliphatic carbocycles. The molecule has 17 heavy (non-hydrogen) atoms. The lowest BCUT2D eigenvalue weighted by atomic mass is 10.5. The first kappa shape index (κ1) is 11.8. The van der Waals surface area contributed by atoms with E-state index in [1.54, 1.807) is 24.7 Å². The molecule has 0 saturated heterocycles. The first-order chi connectivity index (χ1) is 8.29. The quantitative estimate of drug-likeness (QED) is 0.939. The molecule has 0 bridgehead atoms. The highest BCUT2D eigenvalue weighted by molar-refractivity contribution is 9.10. The van der Waals surface area contributed by atoms with E-state index in [1.807, 2.05) is 13.0 Å². The van der Waals surface area contributed by atoms with Crippen molar-refractivity contribution in [2.45, 2.75) is 6.92 Å². The van der Waals surface area contributed by atoms with Gasteiger partial charge in [0.05, 0.1) is 16.9 Å². The molecule has 2 heterocycles. The van der Waals surface area contributed by atoms with Crippen LogP contribution in [0.5, 0.6) is 11.6 Å². The maximum Gasteiger partial charge on any atom is 0.238 e. The van der Waals surface area contributed by atoms with E-state index in [0.29, 0.717) is 22.1 Å². The van der Waals surface area contributed by atoms with Gasteiger partial charge in [0, 0.05) is 12.7 Å². The molecular weight excluding hydrogens is 284 g/mol. The van der Waals surface area contributed by atoms with Gasteiger partial charge in [-0.2, -0.15) is 4.98 Å². The maximum absolute atomic E-state index is 5.60. The van der Waals surface area contributed by atoms with Crippen LogP contribution in [0.15, 0.2) is 35.2 Å². The van der Waals surface area contributed by atoms with Crippen molar-refractivity contribution in [1.29, 1.82) is 0 Å². The van der Waals surface area contributed by atoms with Gasteiger partial charge in [-0.05, 0) is 35.0 Å². The number of hydrogen-bond donors (Lipinski definition) is 1. The van der Waals surface area contributed by atoms with Crippen molar-refractivity contribution in [2.24, 2.45) is 0 Å². The van der Waals surface area contributed by atoms with Crippen LogP contribution in [-0.4, -0.2) is 21.5 Å². The Kier molecular flexibility index (Phi) is 3.87. The second kappa shape index (κ2) is 5.58. The van der Waals surface area contributed by atoms with Crippen molar-refractivity contribution in [1.82, 2.24) is 15.0 Å². The van der Waals surface area contributed by atoms with Crippen LogP contribution in [0.3, 0.4) is 0 Å². The Labute approximate surface area is 107 Å². The molecule has 0 atom stereocenters. The molecule has 0 radical (unpaired) electrons. The summed E-state index contributed by atoms with van der Waals surface area (Å²) in [5.41, 5.74) is 0. The smallest absolute Gasteiger partial charge is 0.238 e. The molecule has 0 unspecified atom stereocenters. The van der Waals surface area contributed by atoms with Crippen molar-refractivity contribution in [3.63, 3.8) is 0 Å². The Bertz CT molecular complexity index is 492. The lowest BCUT2D eigenvalue weighted by molar-refractivity contribution is 0.457. The normalized spacial score (nSPS) is 10.0. The highest BCUT2D eigenvalue weighted by atomic mass is 79.9. The molecule has 0 amide bonds. The topological polar surface area (TPSA) is 59.9 Å². The van der Waals surface area contributed by atoms with E-state index in [-0.39, 0.29) is 0 Å². The molecule has 1 N–H and O–H groups in total. The van der Waals surface area contributed by atoms with Crippen LogP contribution in [-0.2, 0) is 0 Å². The monoisotopic (exact) mass is 294 g/mol. The Morgan fingerprint density at radius 2 is 2.29 bits per heavy atom. The highest BCUT2D eigenvalue weighted by Crippen LogP contribution is 2.27. The van der Waals surface area contributed by atoms with Gasteiger partial charge in [0.15, 0.2) is 0 Å². The van der Waals surface area contributed by atoms with E-state index >= 15 is 0 Å². The van der Waals surface area contributed by atoms with Gasteiger partial charge in [0.2, 0.25) is 11.8 Å². The summed E-state index contributed by atoms with van der Waals surface area (Å²) in [6, 6.07) is 3.62. The summed E-state index contributed by atoms with van der Waals surface area (Å²) in [5, 5.41) is 3.02. The number of hydrogen-bond acceptors (Lipinski definition) is 5. The Balaban J connectivity index is 2.22. The number of ether oxygens (including phenoxy) is 1. The summed E-state index contributed by atoms with van der Waals surface area (Å²) >= 11 is 3.34. The summed E-state index contributed by atoms with van der Waals surface area (Å²) in [7, 11) is 0. The van der Waals surface area contributed by atoms with Gasteiger partial charge in [0.25, 0.3) is 0 Å². The summed E-state index contributed by atoms with van der Waals surface area (Å²) in [5.74, 6) is 1.63. The molecule has 5 nitrogen and oxygen atoms in total. The molecule has 0 aliphatic rings. The van der Waals surface area contributed by atoms with Crippen molar-refractivity contribution in [3.05, 3.63) is 35.2 Å². The third-order valence-corrected chi connectivity index (χ3v) is 2.44. The standard InChI is InChI=1S/C11H11BrN4O/c1-2-14-11-15-7-9(12)10(16-11)17-8-4-3-5-13-6-8/h3-7H,2H2,1H3,(H,14,15,16). The fraction of sp³-hybridized carbons (Fsp3) is 0.182. The Morgan fingerprint density at radius 1 is 1.41 bits per heavy atom. The molecule has 0 aromatic carbocycles. The largest absolute Gasteiger partial charge is 0.436 e. The maximum atomic E-state index is 5.60. The van der Waals surface area contributed by atoms with E-state index in [2.05, 4.69) is 36.2 Å². The van der Waals surface area contributed by atoms with Crippen molar-refractivity contribution >= 4 is 21.9 Å². The van der Waals surface area contributed by atoms with Crippen molar-refractivity contribution in [2.75, 3.05) is 11.9 Å². The zero-order valence-corrected chi connectivity index (χ0v) is 10.8. The van der Waals surface area contributed by atoms with E-state index in [1.165, 1.54) is 0 Å². The van der Waals surface area contributed by atoms with E-state index in [0.717, 1.165) is 6.54 Å². The Hall–Kier alpha value is -1.69. The predicted molar refractivity (Wildman–Crippen MR) is 68.2 cm³/mol. The lowest BCUT2D eigenvalue weighted by Crippen LogP contribution is -2.03. The molecule has 88 valence electrons. The van der Waals surface area contributed by atoms with Crippen LogP contribution in [0, 0.1) is 0 Å². The van der Waals surface area contributed by atoms with Crippen LogP contribution in [0.4, 0.5) is 5.95 Å². The molecule has 6 heteroatoms. The third-order valence-electron chi connectivity index (χ3n) is 1.90. The van der Waals surface area contributed by atoms with Gasteiger partial charge in [-0.3, -0.25) is 4.98 Å². The van der Waals surface area contributed by atoms with Crippen LogP contribution in [0.2, 0.25) is 0 Å². The number of nitrogens with zero attached hydrogens (tertiary/aromatic N) is 3. The number of anilines is 1. The first-order valence-corrected chi connectivity index (χ1v) is 5.93. The molecule has 0 spiro atoms. The van der Waals surface area contributed by atoms with E-state index in [4.69, 9.17) is 4.74 Å². The number of aromatic nitrogens is 3. The average molecular weight is 295 g/mol. The molecule has 2 aromatic rings. The average Bonchev–Trinajstić information content (AvgIpc) is 2.35. The second-order valence-corrected chi connectivity index (χ2v) is 4.02. The van der Waals surface area contributed by atoms with Crippen LogP contribution < -0.4 is 10.1 Å². The minimum atomic E-state index is 0.462. The zero-order valence-electron chi connectivity index (χ0n) is 9.22. The minimum absolute atomic E-state index is 0.462. The van der Waals surface area contributed by atoms with E-state index in [9.17, 15) is 0 Å². The molecule has 2 rings (SSSR count). The van der Waals surface area contributed by atoms with Gasteiger partial charge in [0.1, 0.15) is 5.75 Å². The Morgan fingerprint density at radius 3 is 3.00 bits per heavy atom. The second-order valence-electron chi connectivity index (χ2n) is 3.17. The summed E-state index contributed by atoms with van der Waals surface area (Å²) < 4.78 is 6.29. The lowest BCUT2D eigenvalue weighted by Gasteiger charge is -2.07. The molecule has 0 aliphatic heterocycles. The van der Waals surface area contributed by atoms with Gasteiger partial charge < -0.3 is 10.1 Å². The molecule has 2 aromatic heterocycles. The van der Waals surface area contributed by atoms with Crippen LogP contribution >= 0.6 is 15.9 Å². The summed E-state index contributed by atoms with van der Waals surface area (Å²) in [4.78, 5) is 12.3. The van der Waals surface area contributed by atoms with Gasteiger partial charge in [-0.25, -0.2) is 4.98 Å². The van der Waals surface area contributed by atoms with Gasteiger partial charge >= 0.3 is 0 Å². The number of rotatable bonds is 4. The van der Waals surface area contributed by atoms with Crippen molar-refractivity contribution in [3.8, 4) is 11.6 Å². The van der Waals surface area contributed by atoms with Crippen molar-refractivity contribution < 1.29 is 4.74 Å². The SMILES string of the molecule is CCNc1ncc(Br)c(Oc2cccnc2)n1. The predicted octanol–water partition coefficient (Wildman–Crippen LogP) is 2.86. The van der Waals surface area contributed by atoms with Gasteiger partial charge in [-0.1, -0.05) is 0 Å². The number of pyridine rings is 1. The summed E-state index contributed by atoms with van der Waals surface area (Å²) in [6.07, 6.45) is 4.96. The minimum Gasteiger partial charge on any atom is -0.436 e. The fourth-order valence-electron chi connectivity index (χ4n) is 1.19. The molecule has 0 saturated carbocycles. The van der Waals surface area contributed by atoms with Crippen LogP contribution in [0.1, 0.15) is 6.92 Å². The zero-order chi connectivity index (χ0) is 12.1. The van der Waals surface area contributed by atoms with Gasteiger partial charge in [-0.15, -0.1) is 0 Å². The molecular formula is C11H11BrN4O. The first-order valence-electron chi connectivity index (χ1n) is 5.14. The molecule has 0 fully saturated rings. The van der Waals surface area contributed by atoms with E-state index < -0.39 is 0 Å². The van der Waals surface area contributed by atoms with Crippen LogP contribution in [0.25, 0.3) is 0 Å². The fourth-order valence-corrected chi connectivity index (χ4v) is 1.46. The summed E-state index contributed by atoms with van der Waals surface area (Å²) in [6.45, 7) is 2.74.